The van der Waals surface area contributed by atoms with Crippen LogP contribution in [0.15, 0.2) is 12.1 Å². The van der Waals surface area contributed by atoms with Crippen molar-refractivity contribution >= 4 is 55.9 Å². The van der Waals surface area contributed by atoms with Crippen molar-refractivity contribution in [2.45, 2.75) is 155 Å². The van der Waals surface area contributed by atoms with Crippen LogP contribution in [0.25, 0.3) is 0 Å². The first-order chi connectivity index (χ1) is 15.5. The second-order valence-electron chi connectivity index (χ2n) is 13.0. The van der Waals surface area contributed by atoms with Crippen LogP contribution < -0.4 is 20.7 Å². The summed E-state index contributed by atoms with van der Waals surface area (Å²) in [6.45, 7) is 40.2. The molecule has 0 heterocycles. The molecule has 0 aromatic heterocycles. The molecule has 0 bridgehead atoms. The summed E-state index contributed by atoms with van der Waals surface area (Å²) < 4.78 is 0. The van der Waals surface area contributed by atoms with E-state index >= 15 is 0 Å². The van der Waals surface area contributed by atoms with Gasteiger partial charge in [-0.2, -0.15) is 0 Å². The molecule has 0 N–H and O–H groups in total. The summed E-state index contributed by atoms with van der Waals surface area (Å²) in [5.41, 5.74) is 6.21. The fourth-order valence-electron chi connectivity index (χ4n) is 6.71. The van der Waals surface area contributed by atoms with Crippen LogP contribution in [0.2, 0.25) is 44.3 Å². The zero-order chi connectivity index (χ0) is 26.7. The molecular weight excluding hydrogens is 473 g/mol. The Kier molecular flexibility index (Phi) is 12.8. The molecule has 1 rings (SSSR count). The zero-order valence-corrected chi connectivity index (χ0v) is 29.8. The largest absolute Gasteiger partial charge is 0.0908 e. The summed E-state index contributed by atoms with van der Waals surface area (Å²) in [5, 5.41) is 7.40. The van der Waals surface area contributed by atoms with Gasteiger partial charge in [0, 0.05) is 0 Å². The Balaban J connectivity index is 4.26. The summed E-state index contributed by atoms with van der Waals surface area (Å²) in [4.78, 5) is 0. The molecule has 0 atom stereocenters. The van der Waals surface area contributed by atoms with Gasteiger partial charge in [-0.3, -0.25) is 0 Å². The Bertz CT molecular complexity index is 592. The predicted molar refractivity (Wildman–Crippen MR) is 169 cm³/mol. The minimum atomic E-state index is -0.631. The molecule has 1 aromatic rings. The number of hydrogen-bond acceptors (Lipinski definition) is 0. The fourth-order valence-corrected chi connectivity index (χ4v) is 21.8. The van der Waals surface area contributed by atoms with E-state index in [0.29, 0.717) is 0 Å². The Morgan fingerprint density at radius 1 is 0.294 bits per heavy atom. The van der Waals surface area contributed by atoms with Crippen molar-refractivity contribution in [1.82, 2.24) is 0 Å². The molecule has 0 aliphatic carbocycles. The van der Waals surface area contributed by atoms with Crippen molar-refractivity contribution in [3.63, 3.8) is 0 Å². The second-order valence-corrected chi connectivity index (χ2v) is 28.0. The van der Waals surface area contributed by atoms with Crippen LogP contribution in [0.1, 0.15) is 111 Å². The molecular formula is C30H58Si4. The molecule has 194 valence electrons. The maximum atomic E-state index is 2.89. The van der Waals surface area contributed by atoms with Gasteiger partial charge in [0.2, 0.25) is 0 Å². The van der Waals surface area contributed by atoms with E-state index in [9.17, 15) is 0 Å². The average molecular weight is 531 g/mol. The maximum absolute atomic E-state index is 2.89. The van der Waals surface area contributed by atoms with Gasteiger partial charge in [0.1, 0.15) is 0 Å². The minimum Gasteiger partial charge on any atom is -0.0650 e. The van der Waals surface area contributed by atoms with E-state index in [1.165, 1.54) is 0 Å². The molecule has 0 saturated heterocycles. The van der Waals surface area contributed by atoms with E-state index in [-0.39, 0.29) is 0 Å². The summed E-state index contributed by atoms with van der Waals surface area (Å²) >= 11 is 0. The molecule has 0 fully saturated rings. The van der Waals surface area contributed by atoms with E-state index in [1.807, 2.05) is 20.7 Å². The quantitative estimate of drug-likeness (QED) is 0.242. The van der Waals surface area contributed by atoms with Gasteiger partial charge in [-0.05, 0) is 44.3 Å². The van der Waals surface area contributed by atoms with Crippen LogP contribution in [0, 0.1) is 0 Å². The molecule has 0 unspecified atom stereocenters. The predicted octanol–water partition coefficient (Wildman–Crippen LogP) is 7.77. The molecule has 0 saturated carbocycles. The summed E-state index contributed by atoms with van der Waals surface area (Å²) in [6.07, 6.45) is 0. The SMILES string of the molecule is CC(C)[Si](c1cc([Si](C(C)C)C(C)C)c([Si](C(C)C)C(C)C)cc1[Si](C(C)C)C(C)C)C(C)C. The van der Waals surface area contributed by atoms with Crippen molar-refractivity contribution in [2.24, 2.45) is 0 Å². The van der Waals surface area contributed by atoms with Gasteiger partial charge in [0.15, 0.2) is 0 Å². The Hall–Kier alpha value is 0.0875. The van der Waals surface area contributed by atoms with Gasteiger partial charge >= 0.3 is 0 Å². The van der Waals surface area contributed by atoms with Crippen LogP contribution in [0.5, 0.6) is 0 Å². The monoisotopic (exact) mass is 530 g/mol. The number of benzene rings is 1. The first kappa shape index (κ1) is 32.1. The van der Waals surface area contributed by atoms with Crippen LogP contribution in [0.3, 0.4) is 0 Å². The van der Waals surface area contributed by atoms with Crippen LogP contribution in [-0.2, 0) is 0 Å². The fraction of sp³-hybridized carbons (Fsp3) is 0.800. The van der Waals surface area contributed by atoms with Gasteiger partial charge in [-0.25, -0.2) is 0 Å². The van der Waals surface area contributed by atoms with Crippen LogP contribution in [0.4, 0.5) is 0 Å². The third-order valence-electron chi connectivity index (χ3n) is 7.38. The van der Waals surface area contributed by atoms with E-state index in [1.54, 1.807) is 0 Å². The van der Waals surface area contributed by atoms with Crippen LogP contribution in [-0.4, -0.2) is 35.2 Å². The third kappa shape index (κ3) is 7.55. The Morgan fingerprint density at radius 3 is 0.500 bits per heavy atom. The molecule has 34 heavy (non-hydrogen) atoms. The molecule has 4 radical (unpaired) electrons. The van der Waals surface area contributed by atoms with Gasteiger partial charge in [0.25, 0.3) is 0 Å². The minimum absolute atomic E-state index is 0.631. The highest BCUT2D eigenvalue weighted by Crippen LogP contribution is 2.27. The Labute approximate surface area is 222 Å². The lowest BCUT2D eigenvalue weighted by atomic mass is 10.3. The molecule has 1 aromatic carbocycles. The standard InChI is InChI=1S/C30H58Si4/c1-19(2)31(20(3)4)27-17-29(33(23(9)10)24(11)12)30(34(25(13)14)26(15)16)18-28(27)32(21(5)6)22(7)8/h17-26H,1-16H3. The van der Waals surface area contributed by atoms with Gasteiger partial charge in [0.05, 0.1) is 35.2 Å². The van der Waals surface area contributed by atoms with Crippen molar-refractivity contribution in [3.05, 3.63) is 12.1 Å². The lowest BCUT2D eigenvalue weighted by Gasteiger charge is -2.37. The first-order valence-electron chi connectivity index (χ1n) is 14.2. The molecule has 0 aliphatic rings. The third-order valence-corrected chi connectivity index (χ3v) is 22.0. The summed E-state index contributed by atoms with van der Waals surface area (Å²) in [7, 11) is -2.52. The smallest absolute Gasteiger partial charge is 0.0650 e. The molecule has 0 nitrogen and oxygen atoms in total. The van der Waals surface area contributed by atoms with Crippen molar-refractivity contribution in [3.8, 4) is 0 Å². The van der Waals surface area contributed by atoms with E-state index in [0.717, 1.165) is 44.3 Å². The van der Waals surface area contributed by atoms with E-state index in [4.69, 9.17) is 0 Å². The normalized spacial score (nSPS) is 13.5. The molecule has 0 amide bonds. The topological polar surface area (TPSA) is 0 Å². The number of hydrogen-bond donors (Lipinski definition) is 0. The van der Waals surface area contributed by atoms with E-state index in [2.05, 4.69) is 123 Å². The van der Waals surface area contributed by atoms with Crippen molar-refractivity contribution in [2.75, 3.05) is 0 Å². The van der Waals surface area contributed by atoms with Crippen molar-refractivity contribution in [1.29, 1.82) is 0 Å². The highest BCUT2D eigenvalue weighted by molar-refractivity contribution is 6.90. The second kappa shape index (κ2) is 13.6. The summed E-state index contributed by atoms with van der Waals surface area (Å²) in [5.74, 6) is 0. The van der Waals surface area contributed by atoms with Gasteiger partial charge in [-0.1, -0.05) is 144 Å². The summed E-state index contributed by atoms with van der Waals surface area (Å²) in [6, 6.07) is 5.77. The molecule has 0 aliphatic heterocycles. The number of rotatable bonds is 12. The maximum Gasteiger partial charge on any atom is 0.0908 e. The van der Waals surface area contributed by atoms with E-state index < -0.39 is 35.2 Å². The Morgan fingerprint density at radius 2 is 0.412 bits per heavy atom. The average Bonchev–Trinajstić information content (AvgIpc) is 2.62. The molecule has 4 heteroatoms. The zero-order valence-electron chi connectivity index (χ0n) is 25.8. The van der Waals surface area contributed by atoms with Gasteiger partial charge in [-0.15, -0.1) is 0 Å². The first-order valence-corrected chi connectivity index (χ1v) is 20.8. The van der Waals surface area contributed by atoms with Gasteiger partial charge < -0.3 is 0 Å². The highest BCUT2D eigenvalue weighted by atomic mass is 28.3. The van der Waals surface area contributed by atoms with Crippen molar-refractivity contribution < 1.29 is 0 Å². The van der Waals surface area contributed by atoms with Crippen LogP contribution >= 0.6 is 0 Å². The molecule has 0 spiro atoms. The highest BCUT2D eigenvalue weighted by Gasteiger charge is 2.36. The lowest BCUT2D eigenvalue weighted by Crippen LogP contribution is -2.62. The lowest BCUT2D eigenvalue weighted by molar-refractivity contribution is 0.942.